The van der Waals surface area contributed by atoms with Crippen LogP contribution in [0.1, 0.15) is 32.8 Å². The summed E-state index contributed by atoms with van der Waals surface area (Å²) in [6.07, 6.45) is -0.257. The highest BCUT2D eigenvalue weighted by molar-refractivity contribution is 6.02. The normalized spacial score (nSPS) is 15.4. The second-order valence-electron chi connectivity index (χ2n) is 3.96. The van der Waals surface area contributed by atoms with Crippen LogP contribution < -0.4 is 4.74 Å². The molecule has 0 bridgehead atoms. The molecule has 0 heterocycles. The highest BCUT2D eigenvalue weighted by atomic mass is 16.5. The van der Waals surface area contributed by atoms with Gasteiger partial charge in [-0.25, -0.2) is 0 Å². The van der Waals surface area contributed by atoms with E-state index >= 15 is 0 Å². The molecule has 0 amide bonds. The van der Waals surface area contributed by atoms with Crippen LogP contribution in [0.4, 0.5) is 0 Å². The Morgan fingerprint density at radius 2 is 2.00 bits per heavy atom. The van der Waals surface area contributed by atoms with Gasteiger partial charge in [0.15, 0.2) is 0 Å². The molecule has 0 saturated heterocycles. The van der Waals surface area contributed by atoms with E-state index in [1.165, 1.54) is 0 Å². The number of oxime groups is 1. The van der Waals surface area contributed by atoms with Crippen LogP contribution in [-0.4, -0.2) is 28.2 Å². The van der Waals surface area contributed by atoms with Crippen molar-refractivity contribution in [1.82, 2.24) is 0 Å². The molecule has 2 atom stereocenters. The Hall–Kier alpha value is -1.55. The predicted molar refractivity (Wildman–Crippen MR) is 66.8 cm³/mol. The van der Waals surface area contributed by atoms with Crippen LogP contribution >= 0.6 is 0 Å². The summed E-state index contributed by atoms with van der Waals surface area (Å²) in [6, 6.07) is 7.34. The number of nitrogens with zero attached hydrogens (tertiary/aromatic N) is 1. The first kappa shape index (κ1) is 13.5. The van der Waals surface area contributed by atoms with Crippen LogP contribution in [0, 0.1) is 0 Å². The van der Waals surface area contributed by atoms with E-state index in [1.807, 2.05) is 25.1 Å². The largest absolute Gasteiger partial charge is 0.487 e. The number of benzene rings is 1. The number of rotatable bonds is 5. The van der Waals surface area contributed by atoms with Gasteiger partial charge in [-0.1, -0.05) is 24.2 Å². The van der Waals surface area contributed by atoms with Crippen LogP contribution in [0.25, 0.3) is 0 Å². The maximum absolute atomic E-state index is 9.42. The zero-order chi connectivity index (χ0) is 12.8. The standard InChI is InChI=1S/C13H19NO3/c1-4-12(14-16)11-7-5-6-8-13(11)17-10(3)9(2)15/h5-10,15-16H,4H2,1-3H3/b14-12-. The molecule has 2 unspecified atom stereocenters. The first-order chi connectivity index (χ1) is 8.10. The van der Waals surface area contributed by atoms with Crippen molar-refractivity contribution in [2.45, 2.75) is 39.4 Å². The molecule has 4 heteroatoms. The molecule has 0 aromatic heterocycles. The summed E-state index contributed by atoms with van der Waals surface area (Å²) in [5, 5.41) is 21.6. The summed E-state index contributed by atoms with van der Waals surface area (Å²) >= 11 is 0. The Balaban J connectivity index is 3.00. The van der Waals surface area contributed by atoms with Gasteiger partial charge >= 0.3 is 0 Å². The van der Waals surface area contributed by atoms with Crippen LogP contribution in [-0.2, 0) is 0 Å². The third kappa shape index (κ3) is 3.46. The molecule has 0 aliphatic rings. The minimum atomic E-state index is -0.556. The Bertz CT molecular complexity index is 388. The number of ether oxygens (including phenoxy) is 1. The fourth-order valence-electron chi connectivity index (χ4n) is 1.42. The minimum absolute atomic E-state index is 0.312. The lowest BCUT2D eigenvalue weighted by Gasteiger charge is -2.19. The molecule has 0 spiro atoms. The number of hydrogen-bond acceptors (Lipinski definition) is 4. The average molecular weight is 237 g/mol. The lowest BCUT2D eigenvalue weighted by Crippen LogP contribution is -2.26. The summed E-state index contributed by atoms with van der Waals surface area (Å²) in [4.78, 5) is 0. The van der Waals surface area contributed by atoms with Gasteiger partial charge in [-0.05, 0) is 32.4 Å². The Morgan fingerprint density at radius 3 is 2.53 bits per heavy atom. The van der Waals surface area contributed by atoms with Crippen LogP contribution in [0.15, 0.2) is 29.4 Å². The molecule has 1 rings (SSSR count). The smallest absolute Gasteiger partial charge is 0.129 e. The molecule has 4 nitrogen and oxygen atoms in total. The lowest BCUT2D eigenvalue weighted by molar-refractivity contribution is 0.0603. The maximum atomic E-state index is 9.42. The van der Waals surface area contributed by atoms with Crippen LogP contribution in [0.5, 0.6) is 5.75 Å². The molecule has 0 radical (unpaired) electrons. The topological polar surface area (TPSA) is 62.1 Å². The van der Waals surface area contributed by atoms with Crippen molar-refractivity contribution in [3.8, 4) is 5.75 Å². The van der Waals surface area contributed by atoms with Gasteiger partial charge in [-0.3, -0.25) is 0 Å². The fraction of sp³-hybridized carbons (Fsp3) is 0.462. The van der Waals surface area contributed by atoms with Gasteiger partial charge in [0.25, 0.3) is 0 Å². The van der Waals surface area contributed by atoms with Gasteiger partial charge in [-0.15, -0.1) is 0 Å². The van der Waals surface area contributed by atoms with Crippen molar-refractivity contribution in [1.29, 1.82) is 0 Å². The highest BCUT2D eigenvalue weighted by Crippen LogP contribution is 2.22. The molecular weight excluding hydrogens is 218 g/mol. The molecule has 0 fully saturated rings. The molecule has 2 N–H and O–H groups in total. The number of hydrogen-bond donors (Lipinski definition) is 2. The first-order valence-electron chi connectivity index (χ1n) is 5.75. The average Bonchev–Trinajstić information content (AvgIpc) is 2.32. The van der Waals surface area contributed by atoms with Crippen LogP contribution in [0.2, 0.25) is 0 Å². The van der Waals surface area contributed by atoms with Crippen molar-refractivity contribution in [2.75, 3.05) is 0 Å². The quantitative estimate of drug-likeness (QED) is 0.469. The van der Waals surface area contributed by atoms with Gasteiger partial charge < -0.3 is 15.1 Å². The summed E-state index contributed by atoms with van der Waals surface area (Å²) in [5.74, 6) is 0.621. The Labute approximate surface area is 102 Å². The van der Waals surface area contributed by atoms with E-state index in [0.717, 1.165) is 5.56 Å². The van der Waals surface area contributed by atoms with E-state index in [-0.39, 0.29) is 6.10 Å². The molecule has 17 heavy (non-hydrogen) atoms. The fourth-order valence-corrected chi connectivity index (χ4v) is 1.42. The van der Waals surface area contributed by atoms with Crippen molar-refractivity contribution in [3.05, 3.63) is 29.8 Å². The zero-order valence-electron chi connectivity index (χ0n) is 10.4. The van der Waals surface area contributed by atoms with Gasteiger partial charge in [-0.2, -0.15) is 0 Å². The molecule has 1 aromatic rings. The summed E-state index contributed by atoms with van der Waals surface area (Å²) in [6.45, 7) is 5.38. The van der Waals surface area contributed by atoms with Crippen LogP contribution in [0.3, 0.4) is 0 Å². The highest BCUT2D eigenvalue weighted by Gasteiger charge is 2.14. The zero-order valence-corrected chi connectivity index (χ0v) is 10.4. The molecule has 1 aromatic carbocycles. The third-order valence-electron chi connectivity index (χ3n) is 2.65. The summed E-state index contributed by atoms with van der Waals surface area (Å²) in [7, 11) is 0. The number of aliphatic hydroxyl groups is 1. The lowest BCUT2D eigenvalue weighted by atomic mass is 10.1. The van der Waals surface area contributed by atoms with Gasteiger partial charge in [0.05, 0.1) is 11.8 Å². The van der Waals surface area contributed by atoms with Crippen molar-refractivity contribution in [3.63, 3.8) is 0 Å². The molecule has 94 valence electrons. The Morgan fingerprint density at radius 1 is 1.35 bits per heavy atom. The van der Waals surface area contributed by atoms with Crippen molar-refractivity contribution < 1.29 is 15.1 Å². The van der Waals surface area contributed by atoms with Gasteiger partial charge in [0.1, 0.15) is 11.9 Å². The predicted octanol–water partition coefficient (Wildman–Crippen LogP) is 2.42. The maximum Gasteiger partial charge on any atom is 0.129 e. The molecular formula is C13H19NO3. The first-order valence-corrected chi connectivity index (χ1v) is 5.75. The number of para-hydroxylation sites is 1. The van der Waals surface area contributed by atoms with E-state index in [9.17, 15) is 5.11 Å². The van der Waals surface area contributed by atoms with E-state index < -0.39 is 6.10 Å². The third-order valence-corrected chi connectivity index (χ3v) is 2.65. The SMILES string of the molecule is CC/C(=N/O)c1ccccc1OC(C)C(C)O. The van der Waals surface area contributed by atoms with E-state index in [2.05, 4.69) is 5.16 Å². The second kappa shape index (κ2) is 6.25. The minimum Gasteiger partial charge on any atom is -0.487 e. The molecule has 0 saturated carbocycles. The monoisotopic (exact) mass is 237 g/mol. The summed E-state index contributed by atoms with van der Waals surface area (Å²) in [5.41, 5.74) is 1.32. The van der Waals surface area contributed by atoms with Gasteiger partial charge in [0, 0.05) is 5.56 Å². The Kier molecular flexibility index (Phi) is 4.97. The van der Waals surface area contributed by atoms with E-state index in [0.29, 0.717) is 17.9 Å². The van der Waals surface area contributed by atoms with Gasteiger partial charge in [0.2, 0.25) is 0 Å². The second-order valence-corrected chi connectivity index (χ2v) is 3.96. The molecule has 0 aliphatic heterocycles. The molecule has 0 aliphatic carbocycles. The summed E-state index contributed by atoms with van der Waals surface area (Å²) < 4.78 is 5.65. The van der Waals surface area contributed by atoms with Crippen molar-refractivity contribution >= 4 is 5.71 Å². The van der Waals surface area contributed by atoms with E-state index in [1.54, 1.807) is 19.9 Å². The van der Waals surface area contributed by atoms with E-state index in [4.69, 9.17) is 9.94 Å². The van der Waals surface area contributed by atoms with Crippen molar-refractivity contribution in [2.24, 2.45) is 5.16 Å². The number of aliphatic hydroxyl groups excluding tert-OH is 1.